The first-order valence-electron chi connectivity index (χ1n) is 6.53. The van der Waals surface area contributed by atoms with E-state index in [1.165, 1.54) is 13.4 Å². The maximum Gasteiger partial charge on any atom is 0.341 e. The van der Waals surface area contributed by atoms with Gasteiger partial charge in [-0.05, 0) is 26.8 Å². The Labute approximate surface area is 118 Å². The third-order valence-electron chi connectivity index (χ3n) is 2.88. The summed E-state index contributed by atoms with van der Waals surface area (Å²) in [7, 11) is 1.35. The molecule has 112 valence electrons. The molecule has 1 aromatic rings. The number of rotatable bonds is 7. The Morgan fingerprint density at radius 3 is 2.65 bits per heavy atom. The lowest BCUT2D eigenvalue weighted by atomic mass is 10.2. The lowest BCUT2D eigenvalue weighted by Gasteiger charge is -2.24. The zero-order chi connectivity index (χ0) is 15.1. The van der Waals surface area contributed by atoms with Crippen LogP contribution in [0.2, 0.25) is 0 Å². The molecule has 0 saturated heterocycles. The molecule has 0 aliphatic rings. The molecule has 6 nitrogen and oxygen atoms in total. The number of carbonyl (C=O) groups excluding carboxylic acids is 2. The minimum absolute atomic E-state index is 0.106. The van der Waals surface area contributed by atoms with Gasteiger partial charge in [0.25, 0.3) is 0 Å². The molecular weight excluding hydrogens is 262 g/mol. The Bertz CT molecular complexity index is 452. The van der Waals surface area contributed by atoms with Crippen LogP contribution in [0.1, 0.15) is 36.9 Å². The zero-order valence-corrected chi connectivity index (χ0v) is 12.3. The third kappa shape index (κ3) is 4.38. The van der Waals surface area contributed by atoms with E-state index in [0.717, 1.165) is 0 Å². The van der Waals surface area contributed by atoms with Crippen LogP contribution in [0.15, 0.2) is 16.7 Å². The van der Waals surface area contributed by atoms with Gasteiger partial charge in [-0.1, -0.05) is 0 Å². The van der Waals surface area contributed by atoms with Crippen molar-refractivity contribution in [1.29, 1.82) is 0 Å². The summed E-state index contributed by atoms with van der Waals surface area (Å²) in [5, 5.41) is 0. The summed E-state index contributed by atoms with van der Waals surface area (Å²) in [6.07, 6.45) is 1.44. The number of esters is 2. The largest absolute Gasteiger partial charge is 0.468 e. The van der Waals surface area contributed by atoms with Gasteiger partial charge in [0.1, 0.15) is 11.3 Å². The summed E-state index contributed by atoms with van der Waals surface area (Å²) in [6.45, 7) is 6.44. The molecule has 1 aromatic heterocycles. The van der Waals surface area contributed by atoms with Crippen LogP contribution in [-0.2, 0) is 20.8 Å². The first kappa shape index (κ1) is 16.2. The number of hydrogen-bond acceptors (Lipinski definition) is 6. The fourth-order valence-electron chi connectivity index (χ4n) is 1.69. The van der Waals surface area contributed by atoms with Crippen molar-refractivity contribution < 1.29 is 23.5 Å². The lowest BCUT2D eigenvalue weighted by molar-refractivity contribution is -0.142. The molecular formula is C14H21NO5. The summed E-state index contributed by atoms with van der Waals surface area (Å²) in [5.74, 6) is -0.262. The van der Waals surface area contributed by atoms with E-state index in [0.29, 0.717) is 24.5 Å². The third-order valence-corrected chi connectivity index (χ3v) is 2.88. The van der Waals surface area contributed by atoms with Gasteiger partial charge in [0.05, 0.1) is 33.1 Å². The summed E-state index contributed by atoms with van der Waals surface area (Å²) >= 11 is 0. The van der Waals surface area contributed by atoms with Crippen LogP contribution < -0.4 is 0 Å². The van der Waals surface area contributed by atoms with E-state index in [2.05, 4.69) is 4.74 Å². The molecule has 0 atom stereocenters. The lowest BCUT2D eigenvalue weighted by Crippen LogP contribution is -2.36. The molecule has 0 N–H and O–H groups in total. The van der Waals surface area contributed by atoms with Crippen LogP contribution in [0.25, 0.3) is 0 Å². The maximum atomic E-state index is 11.8. The molecule has 1 heterocycles. The SMILES string of the molecule is CCOC(=O)c1ccoc1CN(CC(=O)OC)C(C)C. The minimum Gasteiger partial charge on any atom is -0.468 e. The van der Waals surface area contributed by atoms with E-state index in [1.807, 2.05) is 18.7 Å². The summed E-state index contributed by atoms with van der Waals surface area (Å²) in [6, 6.07) is 1.68. The first-order chi connectivity index (χ1) is 9.49. The highest BCUT2D eigenvalue weighted by atomic mass is 16.5. The highest BCUT2D eigenvalue weighted by molar-refractivity contribution is 5.90. The zero-order valence-electron chi connectivity index (χ0n) is 12.3. The summed E-state index contributed by atoms with van der Waals surface area (Å²) in [5.41, 5.74) is 0.391. The van der Waals surface area contributed by atoms with Crippen molar-refractivity contribution in [1.82, 2.24) is 4.90 Å². The number of methoxy groups -OCH3 is 1. The van der Waals surface area contributed by atoms with Gasteiger partial charge in [-0.15, -0.1) is 0 Å². The quantitative estimate of drug-likeness (QED) is 0.711. The van der Waals surface area contributed by atoms with Crippen molar-refractivity contribution in [3.8, 4) is 0 Å². The van der Waals surface area contributed by atoms with Gasteiger partial charge < -0.3 is 13.9 Å². The smallest absolute Gasteiger partial charge is 0.341 e. The number of nitrogens with zero attached hydrogens (tertiary/aromatic N) is 1. The van der Waals surface area contributed by atoms with Crippen LogP contribution in [0, 0.1) is 0 Å². The van der Waals surface area contributed by atoms with Gasteiger partial charge >= 0.3 is 11.9 Å². The average Bonchev–Trinajstić information content (AvgIpc) is 2.86. The molecule has 20 heavy (non-hydrogen) atoms. The second-order valence-corrected chi connectivity index (χ2v) is 4.55. The Balaban J connectivity index is 2.81. The van der Waals surface area contributed by atoms with Crippen molar-refractivity contribution in [2.75, 3.05) is 20.3 Å². The molecule has 0 radical (unpaired) electrons. The Hall–Kier alpha value is -1.82. The number of furan rings is 1. The van der Waals surface area contributed by atoms with Crippen LogP contribution in [0.3, 0.4) is 0 Å². The second-order valence-electron chi connectivity index (χ2n) is 4.55. The van der Waals surface area contributed by atoms with Crippen molar-refractivity contribution in [3.63, 3.8) is 0 Å². The predicted octanol–water partition coefficient (Wildman–Crippen LogP) is 1.84. The Kier molecular flexibility index (Phi) is 6.24. The molecule has 0 bridgehead atoms. The predicted molar refractivity (Wildman–Crippen MR) is 72.2 cm³/mol. The normalized spacial score (nSPS) is 10.9. The van der Waals surface area contributed by atoms with Crippen LogP contribution in [-0.4, -0.2) is 43.1 Å². The van der Waals surface area contributed by atoms with Gasteiger partial charge in [-0.25, -0.2) is 4.79 Å². The van der Waals surface area contributed by atoms with Gasteiger partial charge in [-0.2, -0.15) is 0 Å². The van der Waals surface area contributed by atoms with Gasteiger partial charge in [0.15, 0.2) is 0 Å². The first-order valence-corrected chi connectivity index (χ1v) is 6.53. The minimum atomic E-state index is -0.418. The molecule has 0 spiro atoms. The number of hydrogen-bond donors (Lipinski definition) is 0. The molecule has 0 fully saturated rings. The second kappa shape index (κ2) is 7.69. The van der Waals surface area contributed by atoms with Gasteiger partial charge in [0, 0.05) is 6.04 Å². The molecule has 6 heteroatoms. The van der Waals surface area contributed by atoms with Gasteiger partial charge in [-0.3, -0.25) is 9.69 Å². The van der Waals surface area contributed by atoms with Gasteiger partial charge in [0.2, 0.25) is 0 Å². The maximum absolute atomic E-state index is 11.8. The number of ether oxygens (including phenoxy) is 2. The molecule has 0 aliphatic heterocycles. The topological polar surface area (TPSA) is 69.0 Å². The Morgan fingerprint density at radius 1 is 1.40 bits per heavy atom. The van der Waals surface area contributed by atoms with Crippen molar-refractivity contribution in [3.05, 3.63) is 23.7 Å². The van der Waals surface area contributed by atoms with Crippen LogP contribution in [0.5, 0.6) is 0 Å². The van der Waals surface area contributed by atoms with Crippen molar-refractivity contribution >= 4 is 11.9 Å². The van der Waals surface area contributed by atoms with Crippen LogP contribution >= 0.6 is 0 Å². The van der Waals surface area contributed by atoms with E-state index < -0.39 is 5.97 Å². The summed E-state index contributed by atoms with van der Waals surface area (Å²) < 4.78 is 15.0. The molecule has 0 unspecified atom stereocenters. The summed E-state index contributed by atoms with van der Waals surface area (Å²) in [4.78, 5) is 25.0. The van der Waals surface area contributed by atoms with E-state index in [1.54, 1.807) is 13.0 Å². The van der Waals surface area contributed by atoms with Crippen molar-refractivity contribution in [2.24, 2.45) is 0 Å². The monoisotopic (exact) mass is 283 g/mol. The van der Waals surface area contributed by atoms with E-state index in [-0.39, 0.29) is 18.6 Å². The molecule has 0 saturated carbocycles. The van der Waals surface area contributed by atoms with E-state index >= 15 is 0 Å². The van der Waals surface area contributed by atoms with E-state index in [4.69, 9.17) is 9.15 Å². The number of carbonyl (C=O) groups is 2. The molecule has 0 amide bonds. The standard InChI is InChI=1S/C14H21NO5/c1-5-19-14(17)11-6-7-20-12(11)8-15(10(2)3)9-13(16)18-4/h6-7,10H,5,8-9H2,1-4H3. The fraction of sp³-hybridized carbons (Fsp3) is 0.571. The van der Waals surface area contributed by atoms with E-state index in [9.17, 15) is 9.59 Å². The van der Waals surface area contributed by atoms with Crippen LogP contribution in [0.4, 0.5) is 0 Å². The average molecular weight is 283 g/mol. The highest BCUT2D eigenvalue weighted by Crippen LogP contribution is 2.16. The Morgan fingerprint density at radius 2 is 2.10 bits per heavy atom. The molecule has 0 aliphatic carbocycles. The molecule has 1 rings (SSSR count). The van der Waals surface area contributed by atoms with Crippen molar-refractivity contribution in [2.45, 2.75) is 33.4 Å². The highest BCUT2D eigenvalue weighted by Gasteiger charge is 2.21. The fourth-order valence-corrected chi connectivity index (χ4v) is 1.69. The molecule has 0 aromatic carbocycles.